The third-order valence-electron chi connectivity index (χ3n) is 5.13. The lowest BCUT2D eigenvalue weighted by Gasteiger charge is -2.20. The first kappa shape index (κ1) is 21.6. The van der Waals surface area contributed by atoms with E-state index in [-0.39, 0.29) is 10.8 Å². The van der Waals surface area contributed by atoms with E-state index in [2.05, 4.69) is 19.2 Å². The second kappa shape index (κ2) is 9.13. The van der Waals surface area contributed by atoms with Gasteiger partial charge in [0.15, 0.2) is 0 Å². The predicted octanol–water partition coefficient (Wildman–Crippen LogP) is 4.89. The Bertz CT molecular complexity index is 1100. The highest BCUT2D eigenvalue weighted by atomic mass is 32.2. The second-order valence-electron chi connectivity index (χ2n) is 6.94. The number of carbonyl (C=O) groups excluding carboxylic acids is 1. The number of benzene rings is 3. The van der Waals surface area contributed by atoms with Gasteiger partial charge in [0, 0.05) is 18.3 Å². The van der Waals surface area contributed by atoms with Crippen LogP contribution in [0.1, 0.15) is 35.3 Å². The summed E-state index contributed by atoms with van der Waals surface area (Å²) in [6.45, 7) is 4.12. The summed E-state index contributed by atoms with van der Waals surface area (Å²) in [6, 6.07) is 20.9. The quantitative estimate of drug-likeness (QED) is 0.590. The minimum Gasteiger partial charge on any atom is -0.321 e. The number of carbonyl (C=O) groups is 1. The summed E-state index contributed by atoms with van der Waals surface area (Å²) < 4.78 is 26.8. The zero-order valence-corrected chi connectivity index (χ0v) is 18.2. The Morgan fingerprint density at radius 3 is 1.93 bits per heavy atom. The number of anilines is 2. The van der Waals surface area contributed by atoms with Crippen LogP contribution in [0.3, 0.4) is 0 Å². The van der Waals surface area contributed by atoms with Gasteiger partial charge in [-0.25, -0.2) is 8.42 Å². The Balaban J connectivity index is 1.82. The van der Waals surface area contributed by atoms with E-state index < -0.39 is 10.0 Å². The average Bonchev–Trinajstić information content (AvgIpc) is 2.79. The zero-order valence-electron chi connectivity index (χ0n) is 17.4. The van der Waals surface area contributed by atoms with E-state index in [4.69, 9.17) is 0 Å². The lowest BCUT2D eigenvalue weighted by atomic mass is 10.0. The van der Waals surface area contributed by atoms with E-state index in [0.29, 0.717) is 11.3 Å². The van der Waals surface area contributed by atoms with Gasteiger partial charge in [-0.15, -0.1) is 0 Å². The summed E-state index contributed by atoms with van der Waals surface area (Å²) in [5, 5.41) is 3.03. The van der Waals surface area contributed by atoms with E-state index in [9.17, 15) is 13.2 Å². The van der Waals surface area contributed by atoms with Crippen LogP contribution >= 0.6 is 0 Å². The minimum atomic E-state index is -3.66. The molecule has 0 aromatic heterocycles. The topological polar surface area (TPSA) is 66.5 Å². The zero-order chi connectivity index (χ0) is 21.7. The summed E-state index contributed by atoms with van der Waals surface area (Å²) >= 11 is 0. The van der Waals surface area contributed by atoms with Crippen LogP contribution in [0, 0.1) is 0 Å². The number of hydrogen-bond acceptors (Lipinski definition) is 3. The van der Waals surface area contributed by atoms with Crippen LogP contribution in [0.25, 0.3) is 0 Å². The van der Waals surface area contributed by atoms with Gasteiger partial charge in [0.05, 0.1) is 10.6 Å². The number of para-hydroxylation sites is 1. The first-order valence-corrected chi connectivity index (χ1v) is 11.4. The highest BCUT2D eigenvalue weighted by Crippen LogP contribution is 2.25. The molecule has 1 amide bonds. The van der Waals surface area contributed by atoms with Crippen molar-refractivity contribution in [3.8, 4) is 0 Å². The van der Waals surface area contributed by atoms with Crippen molar-refractivity contribution in [2.75, 3.05) is 16.7 Å². The Labute approximate surface area is 178 Å². The molecule has 0 bridgehead atoms. The number of nitrogens with one attached hydrogen (secondary N) is 1. The molecule has 0 radical (unpaired) electrons. The van der Waals surface area contributed by atoms with E-state index >= 15 is 0 Å². The molecule has 0 saturated heterocycles. The molecule has 0 fully saturated rings. The number of sulfonamides is 1. The molecule has 3 aromatic carbocycles. The lowest BCUT2D eigenvalue weighted by Crippen LogP contribution is -2.26. The highest BCUT2D eigenvalue weighted by Gasteiger charge is 2.21. The summed E-state index contributed by atoms with van der Waals surface area (Å²) in [7, 11) is -2.16. The maximum absolute atomic E-state index is 12.8. The summed E-state index contributed by atoms with van der Waals surface area (Å²) in [4.78, 5) is 13.0. The molecule has 156 valence electrons. The summed E-state index contributed by atoms with van der Waals surface area (Å²) in [6.07, 6.45) is 1.65. The number of amides is 1. The van der Waals surface area contributed by atoms with Crippen molar-refractivity contribution in [3.63, 3.8) is 0 Å². The highest BCUT2D eigenvalue weighted by molar-refractivity contribution is 7.92. The molecular weight excluding hydrogens is 396 g/mol. The summed E-state index contributed by atoms with van der Waals surface area (Å²) in [5.41, 5.74) is 4.00. The first-order chi connectivity index (χ1) is 14.4. The normalized spacial score (nSPS) is 11.2. The lowest BCUT2D eigenvalue weighted by molar-refractivity contribution is 0.102. The standard InChI is InChI=1S/C24H26N2O3S/c1-4-18-10-9-11-19(5-2)23(18)25-24(27)20-14-16-21(17-15-20)26(3)30(28,29)22-12-7-6-8-13-22/h6-17H,4-5H2,1-3H3,(H,25,27). The Hall–Kier alpha value is -3.12. The van der Waals surface area contributed by atoms with Gasteiger partial charge in [-0.3, -0.25) is 9.10 Å². The third kappa shape index (κ3) is 4.39. The average molecular weight is 423 g/mol. The van der Waals surface area contributed by atoms with Crippen LogP contribution < -0.4 is 9.62 Å². The van der Waals surface area contributed by atoms with Crippen molar-refractivity contribution >= 4 is 27.3 Å². The molecule has 0 atom stereocenters. The third-order valence-corrected chi connectivity index (χ3v) is 6.93. The van der Waals surface area contributed by atoms with E-state index in [1.165, 1.54) is 11.4 Å². The molecule has 6 heteroatoms. The van der Waals surface area contributed by atoms with Gasteiger partial charge in [0.1, 0.15) is 0 Å². The Morgan fingerprint density at radius 1 is 0.833 bits per heavy atom. The molecule has 0 aliphatic rings. The molecule has 0 spiro atoms. The van der Waals surface area contributed by atoms with Gasteiger partial charge in [-0.1, -0.05) is 50.2 Å². The molecule has 0 aliphatic carbocycles. The first-order valence-electron chi connectivity index (χ1n) is 9.94. The molecule has 5 nitrogen and oxygen atoms in total. The number of aryl methyl sites for hydroxylation is 2. The van der Waals surface area contributed by atoms with Gasteiger partial charge in [0.25, 0.3) is 15.9 Å². The van der Waals surface area contributed by atoms with E-state index in [0.717, 1.165) is 29.7 Å². The summed E-state index contributed by atoms with van der Waals surface area (Å²) in [5.74, 6) is -0.217. The number of rotatable bonds is 7. The van der Waals surface area contributed by atoms with Crippen LogP contribution in [0.2, 0.25) is 0 Å². The van der Waals surface area contributed by atoms with Crippen LogP contribution in [0.15, 0.2) is 77.7 Å². The molecule has 30 heavy (non-hydrogen) atoms. The molecule has 0 aliphatic heterocycles. The van der Waals surface area contributed by atoms with Crippen molar-refractivity contribution < 1.29 is 13.2 Å². The molecule has 0 saturated carbocycles. The molecule has 3 aromatic rings. The van der Waals surface area contributed by atoms with Crippen molar-refractivity contribution in [3.05, 3.63) is 89.5 Å². The SMILES string of the molecule is CCc1cccc(CC)c1NC(=O)c1ccc(N(C)S(=O)(=O)c2ccccc2)cc1. The number of hydrogen-bond donors (Lipinski definition) is 1. The fourth-order valence-electron chi connectivity index (χ4n) is 3.30. The van der Waals surface area contributed by atoms with Gasteiger partial charge in [-0.2, -0.15) is 0 Å². The van der Waals surface area contributed by atoms with Gasteiger partial charge >= 0.3 is 0 Å². The molecule has 0 unspecified atom stereocenters. The second-order valence-corrected chi connectivity index (χ2v) is 8.91. The predicted molar refractivity (Wildman–Crippen MR) is 122 cm³/mol. The van der Waals surface area contributed by atoms with Gasteiger partial charge in [0.2, 0.25) is 0 Å². The van der Waals surface area contributed by atoms with Crippen molar-refractivity contribution in [1.29, 1.82) is 0 Å². The van der Waals surface area contributed by atoms with Gasteiger partial charge < -0.3 is 5.32 Å². The van der Waals surface area contributed by atoms with Crippen LogP contribution in [0.5, 0.6) is 0 Å². The maximum atomic E-state index is 12.8. The number of nitrogens with zero attached hydrogens (tertiary/aromatic N) is 1. The minimum absolute atomic E-state index is 0.217. The van der Waals surface area contributed by atoms with Crippen LogP contribution in [-0.2, 0) is 22.9 Å². The van der Waals surface area contributed by atoms with Gasteiger partial charge in [-0.05, 0) is 60.4 Å². The van der Waals surface area contributed by atoms with Crippen molar-refractivity contribution in [2.45, 2.75) is 31.6 Å². The van der Waals surface area contributed by atoms with Crippen molar-refractivity contribution in [1.82, 2.24) is 0 Å². The molecular formula is C24H26N2O3S. The fourth-order valence-corrected chi connectivity index (χ4v) is 4.52. The monoisotopic (exact) mass is 422 g/mol. The molecule has 1 N–H and O–H groups in total. The van der Waals surface area contributed by atoms with Crippen LogP contribution in [-0.4, -0.2) is 21.4 Å². The fraction of sp³-hybridized carbons (Fsp3) is 0.208. The largest absolute Gasteiger partial charge is 0.321 e. The van der Waals surface area contributed by atoms with E-state index in [1.54, 1.807) is 54.6 Å². The molecule has 3 rings (SSSR count). The maximum Gasteiger partial charge on any atom is 0.264 e. The van der Waals surface area contributed by atoms with Crippen molar-refractivity contribution in [2.24, 2.45) is 0 Å². The Kier molecular flexibility index (Phi) is 6.57. The smallest absolute Gasteiger partial charge is 0.264 e. The van der Waals surface area contributed by atoms with E-state index in [1.807, 2.05) is 18.2 Å². The Morgan fingerprint density at radius 2 is 1.40 bits per heavy atom. The molecule has 0 heterocycles. The van der Waals surface area contributed by atoms with Crippen LogP contribution in [0.4, 0.5) is 11.4 Å².